The summed E-state index contributed by atoms with van der Waals surface area (Å²) in [7, 11) is 1.61. The number of ether oxygens (including phenoxy) is 1. The summed E-state index contributed by atoms with van der Waals surface area (Å²) in [6.07, 6.45) is 0. The third-order valence-corrected chi connectivity index (χ3v) is 6.03. The van der Waals surface area contributed by atoms with Crippen molar-refractivity contribution in [3.63, 3.8) is 0 Å². The normalized spacial score (nSPS) is 10.9. The number of halogens is 2. The van der Waals surface area contributed by atoms with Crippen LogP contribution in [0.15, 0.2) is 66.7 Å². The van der Waals surface area contributed by atoms with Crippen LogP contribution < -0.4 is 9.64 Å². The molecule has 0 saturated carbocycles. The van der Waals surface area contributed by atoms with E-state index in [-0.39, 0.29) is 5.91 Å². The molecule has 0 N–H and O–H groups in total. The highest BCUT2D eigenvalue weighted by Crippen LogP contribution is 2.34. The smallest absolute Gasteiger partial charge is 0.261 e. The first-order valence-electron chi connectivity index (χ1n) is 8.80. The number of aromatic nitrogens is 1. The van der Waals surface area contributed by atoms with Crippen LogP contribution in [0.25, 0.3) is 10.2 Å². The molecule has 0 aliphatic rings. The number of benzene rings is 3. The lowest BCUT2D eigenvalue weighted by Crippen LogP contribution is -2.30. The molecule has 4 rings (SSSR count). The summed E-state index contributed by atoms with van der Waals surface area (Å²) in [5.74, 6) is 0.459. The van der Waals surface area contributed by atoms with E-state index in [1.807, 2.05) is 48.5 Å². The summed E-state index contributed by atoms with van der Waals surface area (Å²) >= 11 is 13.9. The molecule has 0 fully saturated rings. The van der Waals surface area contributed by atoms with Gasteiger partial charge in [0.1, 0.15) is 5.75 Å². The minimum Gasteiger partial charge on any atom is -0.497 e. The summed E-state index contributed by atoms with van der Waals surface area (Å²) in [6, 6.07) is 20.3. The number of fused-ring (bicyclic) bond motifs is 1. The predicted octanol–water partition coefficient (Wildman–Crippen LogP) is 6.46. The molecule has 0 spiro atoms. The first kappa shape index (κ1) is 19.7. The van der Waals surface area contributed by atoms with Crippen molar-refractivity contribution in [1.29, 1.82) is 0 Å². The molecule has 0 atom stereocenters. The number of carbonyl (C=O) groups is 1. The van der Waals surface area contributed by atoms with Crippen LogP contribution in [0.2, 0.25) is 10.0 Å². The molecule has 1 aromatic heterocycles. The van der Waals surface area contributed by atoms with Gasteiger partial charge >= 0.3 is 0 Å². The molecular formula is C22H16Cl2N2O2S. The van der Waals surface area contributed by atoms with Gasteiger partial charge in [0.05, 0.1) is 34.5 Å². The molecule has 0 bridgehead atoms. The van der Waals surface area contributed by atoms with E-state index in [2.05, 4.69) is 4.98 Å². The topological polar surface area (TPSA) is 42.4 Å². The van der Waals surface area contributed by atoms with Gasteiger partial charge in [-0.2, -0.15) is 0 Å². The van der Waals surface area contributed by atoms with Gasteiger partial charge in [-0.05, 0) is 35.9 Å². The second-order valence-corrected chi connectivity index (χ2v) is 8.18. The molecule has 1 heterocycles. The molecular weight excluding hydrogens is 427 g/mol. The maximum absolute atomic E-state index is 13.4. The van der Waals surface area contributed by atoms with Crippen LogP contribution in [-0.2, 0) is 6.54 Å². The third kappa shape index (κ3) is 4.22. The van der Waals surface area contributed by atoms with E-state index in [4.69, 9.17) is 27.9 Å². The first-order chi connectivity index (χ1) is 14.0. The number of methoxy groups -OCH3 is 1. The van der Waals surface area contributed by atoms with Gasteiger partial charge in [-0.25, -0.2) is 4.98 Å². The van der Waals surface area contributed by atoms with Crippen molar-refractivity contribution in [1.82, 2.24) is 4.98 Å². The molecule has 29 heavy (non-hydrogen) atoms. The Morgan fingerprint density at radius 1 is 1.07 bits per heavy atom. The second-order valence-electron chi connectivity index (χ2n) is 6.33. The number of thiazole rings is 1. The summed E-state index contributed by atoms with van der Waals surface area (Å²) in [6.45, 7) is 0.361. The summed E-state index contributed by atoms with van der Waals surface area (Å²) in [4.78, 5) is 19.8. The average Bonchev–Trinajstić information content (AvgIpc) is 3.16. The summed E-state index contributed by atoms with van der Waals surface area (Å²) in [5.41, 5.74) is 2.09. The van der Waals surface area contributed by atoms with Crippen LogP contribution in [0.4, 0.5) is 5.13 Å². The molecule has 0 radical (unpaired) electrons. The SMILES string of the molecule is COc1ccc2sc(N(Cc3ccccc3)C(=O)c3cc(Cl)ccc3Cl)nc2c1. The molecule has 7 heteroatoms. The Hall–Kier alpha value is -2.60. The molecule has 0 saturated heterocycles. The second kappa shape index (κ2) is 8.41. The van der Waals surface area contributed by atoms with E-state index < -0.39 is 0 Å². The van der Waals surface area contributed by atoms with E-state index in [1.165, 1.54) is 11.3 Å². The lowest BCUT2D eigenvalue weighted by molar-refractivity contribution is 0.0985. The van der Waals surface area contributed by atoms with Crippen molar-refractivity contribution in [2.45, 2.75) is 6.54 Å². The number of carbonyl (C=O) groups excluding carboxylic acids is 1. The van der Waals surface area contributed by atoms with Crippen LogP contribution in [0.1, 0.15) is 15.9 Å². The highest BCUT2D eigenvalue weighted by molar-refractivity contribution is 7.22. The highest BCUT2D eigenvalue weighted by Gasteiger charge is 2.24. The Morgan fingerprint density at radius 2 is 1.86 bits per heavy atom. The molecule has 0 unspecified atom stereocenters. The van der Waals surface area contributed by atoms with Crippen LogP contribution >= 0.6 is 34.5 Å². The largest absolute Gasteiger partial charge is 0.497 e. The van der Waals surface area contributed by atoms with Gasteiger partial charge in [-0.15, -0.1) is 0 Å². The molecule has 4 aromatic rings. The zero-order valence-electron chi connectivity index (χ0n) is 15.4. The highest BCUT2D eigenvalue weighted by atomic mass is 35.5. The Kier molecular flexibility index (Phi) is 5.72. The maximum atomic E-state index is 13.4. The number of rotatable bonds is 5. The Balaban J connectivity index is 1.79. The fraction of sp³-hybridized carbons (Fsp3) is 0.0909. The standard InChI is InChI=1S/C22H16Cl2N2O2S/c1-28-16-8-10-20-19(12-16)25-22(29-20)26(13-14-5-3-2-4-6-14)21(27)17-11-15(23)7-9-18(17)24/h2-12H,13H2,1H3. The lowest BCUT2D eigenvalue weighted by Gasteiger charge is -2.21. The van der Waals surface area contributed by atoms with E-state index in [0.717, 1.165) is 15.8 Å². The van der Waals surface area contributed by atoms with Crippen molar-refractivity contribution in [3.05, 3.63) is 87.9 Å². The zero-order valence-corrected chi connectivity index (χ0v) is 17.8. The molecule has 0 aliphatic heterocycles. The van der Waals surface area contributed by atoms with Crippen LogP contribution in [0, 0.1) is 0 Å². The molecule has 1 amide bonds. The first-order valence-corrected chi connectivity index (χ1v) is 10.4. The van der Waals surface area contributed by atoms with Crippen molar-refractivity contribution < 1.29 is 9.53 Å². The molecule has 4 nitrogen and oxygen atoms in total. The van der Waals surface area contributed by atoms with E-state index in [1.54, 1.807) is 30.2 Å². The summed E-state index contributed by atoms with van der Waals surface area (Å²) < 4.78 is 6.25. The van der Waals surface area contributed by atoms with E-state index in [0.29, 0.717) is 33.0 Å². The molecule has 0 aliphatic carbocycles. The van der Waals surface area contributed by atoms with Crippen LogP contribution in [0.3, 0.4) is 0 Å². The average molecular weight is 443 g/mol. The Labute approximate surface area is 182 Å². The number of anilines is 1. The maximum Gasteiger partial charge on any atom is 0.261 e. The van der Waals surface area contributed by atoms with Gasteiger partial charge in [-0.3, -0.25) is 9.69 Å². The van der Waals surface area contributed by atoms with Crippen molar-refractivity contribution in [3.8, 4) is 5.75 Å². The van der Waals surface area contributed by atoms with Gasteiger partial charge in [0.15, 0.2) is 5.13 Å². The minimum absolute atomic E-state index is 0.257. The molecule has 3 aromatic carbocycles. The van der Waals surface area contributed by atoms with Crippen molar-refractivity contribution in [2.24, 2.45) is 0 Å². The van der Waals surface area contributed by atoms with E-state index in [9.17, 15) is 4.79 Å². The minimum atomic E-state index is -0.257. The van der Waals surface area contributed by atoms with Crippen LogP contribution in [-0.4, -0.2) is 18.0 Å². The zero-order chi connectivity index (χ0) is 20.4. The third-order valence-electron chi connectivity index (χ3n) is 4.40. The van der Waals surface area contributed by atoms with Crippen molar-refractivity contribution >= 4 is 55.8 Å². The van der Waals surface area contributed by atoms with Gasteiger partial charge in [0.25, 0.3) is 5.91 Å². The Morgan fingerprint density at radius 3 is 2.62 bits per heavy atom. The van der Waals surface area contributed by atoms with Gasteiger partial charge in [0.2, 0.25) is 0 Å². The quantitative estimate of drug-likeness (QED) is 0.356. The summed E-state index contributed by atoms with van der Waals surface area (Å²) in [5, 5.41) is 1.38. The number of nitrogens with zero attached hydrogens (tertiary/aromatic N) is 2. The predicted molar refractivity (Wildman–Crippen MR) is 120 cm³/mol. The Bertz CT molecular complexity index is 1180. The van der Waals surface area contributed by atoms with Crippen molar-refractivity contribution in [2.75, 3.05) is 12.0 Å². The number of hydrogen-bond donors (Lipinski definition) is 0. The van der Waals surface area contributed by atoms with Gasteiger partial charge in [0, 0.05) is 11.1 Å². The fourth-order valence-electron chi connectivity index (χ4n) is 2.94. The van der Waals surface area contributed by atoms with E-state index >= 15 is 0 Å². The number of hydrogen-bond acceptors (Lipinski definition) is 4. The number of amides is 1. The molecule has 146 valence electrons. The monoisotopic (exact) mass is 442 g/mol. The lowest BCUT2D eigenvalue weighted by atomic mass is 10.1. The van der Waals surface area contributed by atoms with Gasteiger partial charge < -0.3 is 4.74 Å². The fourth-order valence-corrected chi connectivity index (χ4v) is 4.25. The van der Waals surface area contributed by atoms with Gasteiger partial charge in [-0.1, -0.05) is 64.9 Å². The van der Waals surface area contributed by atoms with Crippen LogP contribution in [0.5, 0.6) is 5.75 Å².